The van der Waals surface area contributed by atoms with Crippen LogP contribution >= 0.6 is 11.3 Å². The Morgan fingerprint density at radius 2 is 1.77 bits per heavy atom. The number of carbonyl (C=O) groups is 5. The molecule has 2 aromatic heterocycles. The number of amides is 5. The Morgan fingerprint density at radius 3 is 2.52 bits per heavy atom. The molecule has 3 aliphatic heterocycles. The topological polar surface area (TPSA) is 206 Å². The second-order valence-electron chi connectivity index (χ2n) is 17.7. The van der Waals surface area contributed by atoms with E-state index in [1.54, 1.807) is 7.11 Å². The molecule has 5 atom stereocenters. The number of hydrogen-bond acceptors (Lipinski definition) is 12. The molecule has 0 unspecified atom stereocenters. The number of pyridine rings is 1. The third-order valence-electron chi connectivity index (χ3n) is 13.1. The summed E-state index contributed by atoms with van der Waals surface area (Å²) in [6, 6.07) is 3.23. The van der Waals surface area contributed by atoms with Gasteiger partial charge in [0.05, 0.1) is 30.1 Å². The van der Waals surface area contributed by atoms with Gasteiger partial charge in [-0.25, -0.2) is 18.4 Å². The second-order valence-corrected chi connectivity index (χ2v) is 20.5. The number of carbonyl (C=O) groups excluding carboxylic acids is 5. The molecule has 2 saturated heterocycles. The number of ether oxygens (including phenoxy) is 2. The van der Waals surface area contributed by atoms with E-state index in [-0.39, 0.29) is 25.8 Å². The molecule has 16 nitrogen and oxygen atoms in total. The van der Waals surface area contributed by atoms with Gasteiger partial charge < -0.3 is 29.9 Å². The highest BCUT2D eigenvalue weighted by atomic mass is 32.2. The van der Waals surface area contributed by atoms with Gasteiger partial charge in [-0.2, -0.15) is 0 Å². The van der Waals surface area contributed by atoms with Gasteiger partial charge in [-0.15, -0.1) is 11.3 Å². The fourth-order valence-electron chi connectivity index (χ4n) is 9.09. The molecule has 18 heteroatoms. The maximum Gasteiger partial charge on any atom is 0.311 e. The molecule has 5 amide bonds. The van der Waals surface area contributed by atoms with Gasteiger partial charge in [0, 0.05) is 53.7 Å². The van der Waals surface area contributed by atoms with Crippen LogP contribution in [0.4, 0.5) is 0 Å². The molecule has 6 aliphatic rings. The standard InChI is InChI=1S/C44H53N7O9S2/c1-25-35(59-2)17-16-30-36(21-32(45-37(25)30)40-47-33(24-61-40)26-12-13-26)60-28-20-34-38(52)48-44(43(56)49-62(57,58)29-14-15-29)22-27(44)10-6-4-3-5-7-11-31(41(54)51(34)23-28)46-39(53)42(55)50-18-8-9-19-50/h6,10,16-17,21,24,26-29,31,34H,3-5,7-9,11-15,18-20,22-23H2,1-2H3,(H,46,53)(H,48,52)(H,49,56)/b10-6-/t27-,28-,31+,34+,44-/m1/s1. The molecule has 62 heavy (non-hydrogen) atoms. The van der Waals surface area contributed by atoms with Gasteiger partial charge >= 0.3 is 11.8 Å². The van der Waals surface area contributed by atoms with Crippen molar-refractivity contribution >= 4 is 61.8 Å². The molecule has 0 bridgehead atoms. The molecular formula is C44H53N7O9S2. The average Bonchev–Trinajstić information content (AvgIpc) is 4.23. The van der Waals surface area contributed by atoms with E-state index in [1.165, 1.54) is 21.1 Å². The monoisotopic (exact) mass is 887 g/mol. The first-order valence-electron chi connectivity index (χ1n) is 21.9. The first-order valence-corrected chi connectivity index (χ1v) is 24.3. The number of rotatable bonds is 9. The zero-order valence-corrected chi connectivity index (χ0v) is 36.7. The number of benzene rings is 1. The van der Waals surface area contributed by atoms with E-state index in [1.807, 2.05) is 37.3 Å². The first-order chi connectivity index (χ1) is 29.8. The van der Waals surface area contributed by atoms with Crippen LogP contribution < -0.4 is 24.8 Å². The van der Waals surface area contributed by atoms with Crippen LogP contribution in [-0.4, -0.2) is 113 Å². The minimum Gasteiger partial charge on any atom is -0.496 e. The SMILES string of the molecule is COc1ccc2c(O[C@@H]3C[C@H]4C(=O)N[C@]5(C(=O)NS(=O)(=O)C6CC6)C[C@H]5/C=C\CCCCC[C@H](NC(=O)C(=O)N5CCCC5)C(=O)N4C3)cc(-c3nc(C4CC4)cs3)nc2c1C. The Bertz CT molecular complexity index is 2440. The van der Waals surface area contributed by atoms with Crippen molar-refractivity contribution in [2.24, 2.45) is 5.92 Å². The van der Waals surface area contributed by atoms with E-state index >= 15 is 0 Å². The number of fused-ring (bicyclic) bond motifs is 3. The fraction of sp³-hybridized carbons (Fsp3) is 0.568. The highest BCUT2D eigenvalue weighted by Crippen LogP contribution is 2.47. The number of aryl methyl sites for hydroxylation is 1. The number of aromatic nitrogens is 2. The third kappa shape index (κ3) is 8.51. The molecule has 0 radical (unpaired) electrons. The maximum absolute atomic E-state index is 14.8. The highest BCUT2D eigenvalue weighted by molar-refractivity contribution is 7.91. The summed E-state index contributed by atoms with van der Waals surface area (Å²) >= 11 is 1.51. The lowest BCUT2D eigenvalue weighted by atomic mass is 10.0. The van der Waals surface area contributed by atoms with Crippen molar-refractivity contribution in [3.8, 4) is 22.2 Å². The van der Waals surface area contributed by atoms with Gasteiger partial charge in [-0.05, 0) is 83.3 Å². The van der Waals surface area contributed by atoms with E-state index in [2.05, 4.69) is 20.7 Å². The lowest BCUT2D eigenvalue weighted by Gasteiger charge is -2.30. The molecule has 3 aliphatic carbocycles. The predicted molar refractivity (Wildman–Crippen MR) is 230 cm³/mol. The molecule has 5 heterocycles. The van der Waals surface area contributed by atoms with Gasteiger partial charge in [0.2, 0.25) is 21.8 Å². The van der Waals surface area contributed by atoms with Crippen molar-refractivity contribution in [3.63, 3.8) is 0 Å². The second kappa shape index (κ2) is 16.9. The van der Waals surface area contributed by atoms with Crippen LogP contribution in [0.2, 0.25) is 0 Å². The minimum atomic E-state index is -3.93. The predicted octanol–water partition coefficient (Wildman–Crippen LogP) is 4.01. The first kappa shape index (κ1) is 42.2. The van der Waals surface area contributed by atoms with Gasteiger partial charge in [0.15, 0.2) is 0 Å². The number of sulfonamides is 1. The highest BCUT2D eigenvalue weighted by Gasteiger charge is 2.62. The van der Waals surface area contributed by atoms with E-state index in [0.717, 1.165) is 54.8 Å². The number of nitrogens with one attached hydrogen (secondary N) is 3. The zero-order valence-electron chi connectivity index (χ0n) is 35.0. The summed E-state index contributed by atoms with van der Waals surface area (Å²) in [6.45, 7) is 2.79. The van der Waals surface area contributed by atoms with E-state index in [0.29, 0.717) is 72.8 Å². The Labute approximate surface area is 364 Å². The Morgan fingerprint density at radius 1 is 0.984 bits per heavy atom. The van der Waals surface area contributed by atoms with Crippen molar-refractivity contribution in [3.05, 3.63) is 47.0 Å². The normalized spacial score (nSPS) is 27.3. The van der Waals surface area contributed by atoms with Gasteiger partial charge in [0.25, 0.3) is 5.91 Å². The largest absolute Gasteiger partial charge is 0.496 e. The lowest BCUT2D eigenvalue weighted by molar-refractivity contribution is -0.148. The summed E-state index contributed by atoms with van der Waals surface area (Å²) < 4.78 is 40.7. The number of nitrogens with zero attached hydrogens (tertiary/aromatic N) is 4. The quantitative estimate of drug-likeness (QED) is 0.207. The Balaban J connectivity index is 1.05. The van der Waals surface area contributed by atoms with Crippen LogP contribution in [0.1, 0.15) is 101 Å². The van der Waals surface area contributed by atoms with Crippen molar-refractivity contribution in [1.82, 2.24) is 35.1 Å². The Kier molecular flexibility index (Phi) is 11.5. The molecular weight excluding hydrogens is 835 g/mol. The molecule has 9 rings (SSSR count). The minimum absolute atomic E-state index is 0.0148. The molecule has 3 N–H and O–H groups in total. The van der Waals surface area contributed by atoms with Crippen molar-refractivity contribution in [2.75, 3.05) is 26.7 Å². The smallest absolute Gasteiger partial charge is 0.311 e. The summed E-state index contributed by atoms with van der Waals surface area (Å²) in [5.74, 6) is -2.47. The molecule has 330 valence electrons. The molecule has 3 aromatic rings. The summed E-state index contributed by atoms with van der Waals surface area (Å²) in [7, 11) is -2.33. The summed E-state index contributed by atoms with van der Waals surface area (Å²) in [5.41, 5.74) is 1.55. The van der Waals surface area contributed by atoms with E-state index < -0.39 is 74.5 Å². The van der Waals surface area contributed by atoms with Crippen LogP contribution in [0.15, 0.2) is 35.7 Å². The average molecular weight is 888 g/mol. The molecule has 0 spiro atoms. The van der Waals surface area contributed by atoms with Gasteiger partial charge in [-0.3, -0.25) is 28.7 Å². The number of likely N-dealkylation sites (tertiary alicyclic amines) is 1. The van der Waals surface area contributed by atoms with Crippen LogP contribution in [0.25, 0.3) is 21.6 Å². The summed E-state index contributed by atoms with van der Waals surface area (Å²) in [5, 5.41) is 8.48. The van der Waals surface area contributed by atoms with Gasteiger partial charge in [0.1, 0.15) is 45.9 Å². The fourth-order valence-corrected chi connectivity index (χ4v) is 11.3. The van der Waals surface area contributed by atoms with Crippen molar-refractivity contribution in [2.45, 2.75) is 125 Å². The number of methoxy groups -OCH3 is 1. The van der Waals surface area contributed by atoms with Crippen molar-refractivity contribution < 1.29 is 41.9 Å². The molecule has 3 saturated carbocycles. The molecule has 5 fully saturated rings. The van der Waals surface area contributed by atoms with Crippen LogP contribution in [0, 0.1) is 12.8 Å². The third-order valence-corrected chi connectivity index (χ3v) is 15.8. The van der Waals surface area contributed by atoms with E-state index in [9.17, 15) is 32.4 Å². The van der Waals surface area contributed by atoms with Gasteiger partial charge in [-0.1, -0.05) is 25.0 Å². The maximum atomic E-state index is 14.8. The number of allylic oxidation sites excluding steroid dienone is 1. The van der Waals surface area contributed by atoms with Crippen molar-refractivity contribution in [1.29, 1.82) is 0 Å². The molecule has 1 aromatic carbocycles. The summed E-state index contributed by atoms with van der Waals surface area (Å²) in [4.78, 5) is 82.9. The van der Waals surface area contributed by atoms with Crippen LogP contribution in [0.3, 0.4) is 0 Å². The van der Waals surface area contributed by atoms with E-state index in [4.69, 9.17) is 19.4 Å². The zero-order chi connectivity index (χ0) is 43.3. The Hall–Kier alpha value is -5.10. The number of thiazole rings is 1. The summed E-state index contributed by atoms with van der Waals surface area (Å²) in [6.07, 6.45) is 10.9. The number of hydrogen-bond donors (Lipinski definition) is 3. The lowest BCUT2D eigenvalue weighted by Crippen LogP contribution is -2.59. The van der Waals surface area contributed by atoms with Crippen LogP contribution in [-0.2, 0) is 34.0 Å². The van der Waals surface area contributed by atoms with Crippen LogP contribution in [0.5, 0.6) is 11.5 Å².